The molecule has 1 heterocycles. The zero-order valence-electron chi connectivity index (χ0n) is 13.2. The zero-order chi connectivity index (χ0) is 16.0. The van der Waals surface area contributed by atoms with Crippen molar-refractivity contribution in [2.45, 2.75) is 63.8 Å². The van der Waals surface area contributed by atoms with Crippen LogP contribution in [0.15, 0.2) is 24.3 Å². The molecule has 0 aromatic heterocycles. The first-order chi connectivity index (χ1) is 10.6. The Balaban J connectivity index is 2.20. The van der Waals surface area contributed by atoms with Crippen molar-refractivity contribution in [3.8, 4) is 0 Å². The number of amides is 1. The van der Waals surface area contributed by atoms with Crippen LogP contribution in [0.25, 0.3) is 0 Å². The summed E-state index contributed by atoms with van der Waals surface area (Å²) < 4.78 is 0. The SMILES string of the molecule is CCCCCCCC1(c2cccc(Cl)c2)NC(=O)CCC1=O. The van der Waals surface area contributed by atoms with E-state index in [0.29, 0.717) is 17.9 Å². The van der Waals surface area contributed by atoms with E-state index in [9.17, 15) is 9.59 Å². The maximum atomic E-state index is 12.6. The van der Waals surface area contributed by atoms with Crippen LogP contribution in [0, 0.1) is 0 Å². The van der Waals surface area contributed by atoms with Gasteiger partial charge in [0.25, 0.3) is 0 Å². The third kappa shape index (κ3) is 3.89. The normalized spacial score (nSPS) is 21.7. The smallest absolute Gasteiger partial charge is 0.221 e. The summed E-state index contributed by atoms with van der Waals surface area (Å²) in [5.74, 6) is 0.0537. The molecule has 22 heavy (non-hydrogen) atoms. The Morgan fingerprint density at radius 1 is 1.14 bits per heavy atom. The predicted molar refractivity (Wildman–Crippen MR) is 88.9 cm³/mol. The summed E-state index contributed by atoms with van der Waals surface area (Å²) in [6.07, 6.45) is 6.84. The highest BCUT2D eigenvalue weighted by molar-refractivity contribution is 6.30. The minimum Gasteiger partial charge on any atom is -0.340 e. The van der Waals surface area contributed by atoms with Gasteiger partial charge in [-0.2, -0.15) is 0 Å². The number of halogens is 1. The molecule has 120 valence electrons. The third-order valence-corrected chi connectivity index (χ3v) is 4.62. The molecule has 0 saturated carbocycles. The van der Waals surface area contributed by atoms with E-state index in [1.165, 1.54) is 19.3 Å². The number of Topliss-reactive ketones (excluding diaryl/α,β-unsaturated/α-hetero) is 1. The van der Waals surface area contributed by atoms with Crippen LogP contribution in [0.3, 0.4) is 0 Å². The maximum Gasteiger partial charge on any atom is 0.221 e. The van der Waals surface area contributed by atoms with Gasteiger partial charge in [0.15, 0.2) is 5.78 Å². The van der Waals surface area contributed by atoms with Crippen LogP contribution < -0.4 is 5.32 Å². The molecular weight excluding hydrogens is 298 g/mol. The molecule has 2 rings (SSSR count). The number of benzene rings is 1. The summed E-state index contributed by atoms with van der Waals surface area (Å²) in [5.41, 5.74) is -0.0690. The average molecular weight is 322 g/mol. The fraction of sp³-hybridized carbons (Fsp3) is 0.556. The molecule has 0 aliphatic carbocycles. The first-order valence-electron chi connectivity index (χ1n) is 8.19. The van der Waals surface area contributed by atoms with Crippen molar-refractivity contribution < 1.29 is 9.59 Å². The first kappa shape index (κ1) is 17.0. The average Bonchev–Trinajstić information content (AvgIpc) is 2.50. The lowest BCUT2D eigenvalue weighted by Gasteiger charge is -2.37. The number of rotatable bonds is 7. The van der Waals surface area contributed by atoms with Crippen molar-refractivity contribution in [1.29, 1.82) is 0 Å². The number of hydrogen-bond donors (Lipinski definition) is 1. The molecule has 0 bridgehead atoms. The highest BCUT2D eigenvalue weighted by Crippen LogP contribution is 2.34. The molecule has 3 nitrogen and oxygen atoms in total. The molecule has 1 atom stereocenters. The van der Waals surface area contributed by atoms with E-state index in [4.69, 9.17) is 11.6 Å². The van der Waals surface area contributed by atoms with Crippen molar-refractivity contribution in [3.05, 3.63) is 34.9 Å². The van der Waals surface area contributed by atoms with Crippen molar-refractivity contribution in [2.75, 3.05) is 0 Å². The van der Waals surface area contributed by atoms with Crippen molar-refractivity contribution in [3.63, 3.8) is 0 Å². The van der Waals surface area contributed by atoms with Crippen LogP contribution in [0.4, 0.5) is 0 Å². The molecule has 1 aromatic rings. The highest BCUT2D eigenvalue weighted by Gasteiger charge is 2.43. The number of hydrogen-bond acceptors (Lipinski definition) is 2. The predicted octanol–water partition coefficient (Wildman–Crippen LogP) is 4.37. The van der Waals surface area contributed by atoms with E-state index >= 15 is 0 Å². The molecule has 1 aliphatic heterocycles. The summed E-state index contributed by atoms with van der Waals surface area (Å²) in [6, 6.07) is 7.32. The molecule has 1 aliphatic rings. The molecule has 1 aromatic carbocycles. The lowest BCUT2D eigenvalue weighted by molar-refractivity contribution is -0.138. The van der Waals surface area contributed by atoms with Gasteiger partial charge in [0, 0.05) is 17.9 Å². The molecule has 1 amide bonds. The van der Waals surface area contributed by atoms with E-state index in [2.05, 4.69) is 12.2 Å². The number of nitrogens with one attached hydrogen (secondary N) is 1. The second-order valence-corrected chi connectivity index (χ2v) is 6.49. The van der Waals surface area contributed by atoms with E-state index in [1.54, 1.807) is 12.1 Å². The van der Waals surface area contributed by atoms with E-state index in [1.807, 2.05) is 12.1 Å². The van der Waals surface area contributed by atoms with Gasteiger partial charge in [0.05, 0.1) is 0 Å². The van der Waals surface area contributed by atoms with Gasteiger partial charge >= 0.3 is 0 Å². The maximum absolute atomic E-state index is 12.6. The van der Waals surface area contributed by atoms with E-state index < -0.39 is 5.54 Å². The van der Waals surface area contributed by atoms with Gasteiger partial charge in [0.1, 0.15) is 5.54 Å². The zero-order valence-corrected chi connectivity index (χ0v) is 13.9. The summed E-state index contributed by atoms with van der Waals surface area (Å²) in [6.45, 7) is 2.18. The lowest BCUT2D eigenvalue weighted by atomic mass is 9.77. The Morgan fingerprint density at radius 2 is 1.91 bits per heavy atom. The number of unbranched alkanes of at least 4 members (excludes halogenated alkanes) is 4. The quantitative estimate of drug-likeness (QED) is 0.758. The summed E-state index contributed by atoms with van der Waals surface area (Å²) in [4.78, 5) is 24.6. The van der Waals surface area contributed by atoms with Crippen LogP contribution in [-0.4, -0.2) is 11.7 Å². The summed E-state index contributed by atoms with van der Waals surface area (Å²) in [5, 5.41) is 3.56. The minimum absolute atomic E-state index is 0.0480. The molecule has 1 fully saturated rings. The van der Waals surface area contributed by atoms with E-state index in [0.717, 1.165) is 18.4 Å². The van der Waals surface area contributed by atoms with Gasteiger partial charge < -0.3 is 5.32 Å². The monoisotopic (exact) mass is 321 g/mol. The second-order valence-electron chi connectivity index (χ2n) is 6.05. The van der Waals surface area contributed by atoms with Gasteiger partial charge in [-0.25, -0.2) is 0 Å². The number of carbonyl (C=O) groups excluding carboxylic acids is 2. The molecule has 0 spiro atoms. The number of carbonyl (C=O) groups is 2. The number of piperidine rings is 1. The van der Waals surface area contributed by atoms with Gasteiger partial charge in [-0.3, -0.25) is 9.59 Å². The molecule has 4 heteroatoms. The Hall–Kier alpha value is -1.35. The van der Waals surface area contributed by atoms with Gasteiger partial charge in [-0.15, -0.1) is 0 Å². The van der Waals surface area contributed by atoms with Crippen LogP contribution in [-0.2, 0) is 15.1 Å². The Bertz CT molecular complexity index is 544. The Labute approximate surface area is 137 Å². The summed E-state index contributed by atoms with van der Waals surface area (Å²) in [7, 11) is 0. The molecule has 1 saturated heterocycles. The Kier molecular flexibility index (Phi) is 6.01. The van der Waals surface area contributed by atoms with Crippen LogP contribution in [0.1, 0.15) is 63.9 Å². The summed E-state index contributed by atoms with van der Waals surface area (Å²) >= 11 is 6.09. The highest BCUT2D eigenvalue weighted by atomic mass is 35.5. The molecule has 0 radical (unpaired) electrons. The number of ketones is 1. The van der Waals surface area contributed by atoms with Crippen molar-refractivity contribution in [1.82, 2.24) is 5.32 Å². The van der Waals surface area contributed by atoms with Gasteiger partial charge in [0.2, 0.25) is 5.91 Å². The standard InChI is InChI=1S/C18H24ClNO2/c1-2-3-4-5-6-12-18(14-8-7-9-15(19)13-14)16(21)10-11-17(22)20-18/h7-9,13H,2-6,10-12H2,1H3,(H,20,22). The third-order valence-electron chi connectivity index (χ3n) is 4.38. The lowest BCUT2D eigenvalue weighted by Crippen LogP contribution is -2.55. The molecule has 1 N–H and O–H groups in total. The fourth-order valence-corrected chi connectivity index (χ4v) is 3.33. The van der Waals surface area contributed by atoms with Crippen LogP contribution in [0.2, 0.25) is 5.02 Å². The van der Waals surface area contributed by atoms with Crippen LogP contribution >= 0.6 is 11.6 Å². The fourth-order valence-electron chi connectivity index (χ4n) is 3.14. The van der Waals surface area contributed by atoms with Gasteiger partial charge in [-0.1, -0.05) is 62.8 Å². The van der Waals surface area contributed by atoms with E-state index in [-0.39, 0.29) is 18.1 Å². The van der Waals surface area contributed by atoms with Crippen molar-refractivity contribution in [2.24, 2.45) is 0 Å². The first-order valence-corrected chi connectivity index (χ1v) is 8.56. The molecular formula is C18H24ClNO2. The minimum atomic E-state index is -0.882. The largest absolute Gasteiger partial charge is 0.340 e. The topological polar surface area (TPSA) is 46.2 Å². The van der Waals surface area contributed by atoms with Crippen molar-refractivity contribution >= 4 is 23.3 Å². The van der Waals surface area contributed by atoms with Gasteiger partial charge in [-0.05, 0) is 24.1 Å². The van der Waals surface area contributed by atoms with Crippen LogP contribution in [0.5, 0.6) is 0 Å². The second kappa shape index (κ2) is 7.77. The molecule has 1 unspecified atom stereocenters. The Morgan fingerprint density at radius 3 is 2.64 bits per heavy atom.